The zero-order valence-corrected chi connectivity index (χ0v) is 40.6. The number of esters is 1. The van der Waals surface area contributed by atoms with Crippen molar-refractivity contribution in [2.75, 3.05) is 25.6 Å². The highest BCUT2D eigenvalue weighted by Gasteiger charge is 2.56. The number of carbonyl (C=O) groups excluding carboxylic acids is 3. The van der Waals surface area contributed by atoms with Crippen molar-refractivity contribution in [3.8, 4) is 17.2 Å². The van der Waals surface area contributed by atoms with Crippen molar-refractivity contribution in [2.45, 2.75) is 174 Å². The molecular formula is C50H77N2O12P. The summed E-state index contributed by atoms with van der Waals surface area (Å²) in [5.74, 6) is -0.155. The predicted molar refractivity (Wildman–Crippen MR) is 250 cm³/mol. The van der Waals surface area contributed by atoms with Gasteiger partial charge in [-0.1, -0.05) is 79.2 Å². The molecule has 0 bridgehead atoms. The van der Waals surface area contributed by atoms with E-state index in [1.165, 1.54) is 30.4 Å². The Morgan fingerprint density at radius 3 is 2.12 bits per heavy atom. The van der Waals surface area contributed by atoms with Crippen LogP contribution >= 0.6 is 7.82 Å². The van der Waals surface area contributed by atoms with E-state index in [1.54, 1.807) is 0 Å². The third-order valence-electron chi connectivity index (χ3n) is 14.8. The molecule has 3 aliphatic rings. The molecule has 2 saturated carbocycles. The Kier molecular flexibility index (Phi) is 19.6. The average molecular weight is 929 g/mol. The molecular weight excluding hydrogens is 852 g/mol. The molecule has 0 aromatic heterocycles. The maximum absolute atomic E-state index is 14.3. The van der Waals surface area contributed by atoms with Crippen molar-refractivity contribution in [3.63, 3.8) is 0 Å². The van der Waals surface area contributed by atoms with E-state index in [0.29, 0.717) is 36.7 Å². The second-order valence-electron chi connectivity index (χ2n) is 19.0. The molecule has 6 N–H and O–H groups in total. The molecule has 5 rings (SSSR count). The summed E-state index contributed by atoms with van der Waals surface area (Å²) in [7, 11) is -2.58. The number of primary amides is 1. The smallest absolute Gasteiger partial charge is 0.505 e. The van der Waals surface area contributed by atoms with Gasteiger partial charge in [0.2, 0.25) is 5.91 Å². The van der Waals surface area contributed by atoms with Crippen molar-refractivity contribution < 1.29 is 57.3 Å². The number of benzene rings is 2. The number of hydrogen-bond acceptors (Lipinski definition) is 12. The quantitative estimate of drug-likeness (QED) is 0.0322. The zero-order valence-electron chi connectivity index (χ0n) is 39.7. The Morgan fingerprint density at radius 2 is 1.52 bits per heavy atom. The summed E-state index contributed by atoms with van der Waals surface area (Å²) in [4.78, 5) is 37.6. The van der Waals surface area contributed by atoms with Crippen LogP contribution < -0.4 is 20.3 Å². The molecule has 2 aromatic carbocycles. The van der Waals surface area contributed by atoms with E-state index >= 15 is 0 Å². The highest BCUT2D eigenvalue weighted by atomic mass is 31.2. The first kappa shape index (κ1) is 52.3. The molecule has 0 heterocycles. The molecule has 14 nitrogen and oxygen atoms in total. The topological polar surface area (TPSA) is 213 Å². The second kappa shape index (κ2) is 24.4. The van der Waals surface area contributed by atoms with Crippen LogP contribution in [-0.2, 0) is 34.4 Å². The van der Waals surface area contributed by atoms with Gasteiger partial charge in [0.15, 0.2) is 5.75 Å². The lowest BCUT2D eigenvalue weighted by molar-refractivity contribution is -0.158. The van der Waals surface area contributed by atoms with Gasteiger partial charge in [-0.3, -0.25) is 23.4 Å². The number of methoxy groups -OCH3 is 1. The van der Waals surface area contributed by atoms with Crippen LogP contribution in [0.25, 0.3) is 0 Å². The predicted octanol–water partition coefficient (Wildman–Crippen LogP) is 10.1. The van der Waals surface area contributed by atoms with Crippen molar-refractivity contribution in [3.05, 3.63) is 47.0 Å². The third kappa shape index (κ3) is 13.5. The molecule has 15 heteroatoms. The minimum atomic E-state index is -3.89. The Morgan fingerprint density at radius 1 is 0.877 bits per heavy atom. The van der Waals surface area contributed by atoms with Gasteiger partial charge in [0.1, 0.15) is 23.2 Å². The Balaban J connectivity index is 1.13. The van der Waals surface area contributed by atoms with Gasteiger partial charge < -0.3 is 40.4 Å². The number of rotatable bonds is 27. The van der Waals surface area contributed by atoms with Crippen LogP contribution in [0.4, 0.5) is 5.69 Å². The van der Waals surface area contributed by atoms with E-state index in [9.17, 15) is 34.3 Å². The van der Waals surface area contributed by atoms with Gasteiger partial charge in [0, 0.05) is 18.3 Å². The number of aliphatic hydroxyl groups is 2. The summed E-state index contributed by atoms with van der Waals surface area (Å²) in [6.07, 6.45) is 10.5. The van der Waals surface area contributed by atoms with Crippen molar-refractivity contribution >= 4 is 31.3 Å². The van der Waals surface area contributed by atoms with Crippen LogP contribution in [0, 0.1) is 29.1 Å². The number of ether oxygens (including phenoxy) is 2. The Bertz CT molecular complexity index is 1920. The summed E-state index contributed by atoms with van der Waals surface area (Å²) in [6.45, 7) is 11.6. The SMILES string of the molecule is CCCCC(CC)COP(=O)(OCC(CC)CCCC)Oc1ccc2c(c1)CCC1C2CCC2(C)C(OC(=O)CCC(O)C(O)CCC(=O)Nc3ccc(OC)c(C(N)=O)c3O)CCC12. The van der Waals surface area contributed by atoms with Crippen LogP contribution in [0.1, 0.15) is 171 Å². The first-order valence-electron chi connectivity index (χ1n) is 24.4. The monoisotopic (exact) mass is 929 g/mol. The minimum absolute atomic E-state index is 0.0347. The van der Waals surface area contributed by atoms with E-state index in [1.807, 2.05) is 12.1 Å². The molecule has 2 aromatic rings. The minimum Gasteiger partial charge on any atom is -0.505 e. The zero-order chi connectivity index (χ0) is 47.3. The molecule has 65 heavy (non-hydrogen) atoms. The number of nitrogens with one attached hydrogen (secondary N) is 1. The fourth-order valence-electron chi connectivity index (χ4n) is 10.6. The molecule has 2 amide bonds. The van der Waals surface area contributed by atoms with E-state index in [0.717, 1.165) is 89.9 Å². The summed E-state index contributed by atoms with van der Waals surface area (Å²) in [5, 5.41) is 34.2. The molecule has 9 unspecified atom stereocenters. The number of amides is 2. The Hall–Kier alpha value is -3.68. The van der Waals surface area contributed by atoms with E-state index in [4.69, 9.17) is 28.8 Å². The standard InChI is InChI=1S/C50H77N2O12P/c1-7-11-13-32(9-3)30-61-65(59,62-31-33(10-4)14-12-8-2)64-35-16-18-36-34(29-35)15-17-38-37(36)27-28-50(5)39(38)19-24-44(50)63-46(56)26-22-42(54)41(53)21-25-45(55)52-40-20-23-43(60-6)47(48(40)57)49(51)58/h16,18,20,23,29,32-33,37-39,41-42,44,53-54,57H,7-15,17,19,21-22,24-28,30-31H2,1-6H3,(H2,51,58)(H,52,55). The van der Waals surface area contributed by atoms with Gasteiger partial charge in [0.05, 0.1) is 38.2 Å². The van der Waals surface area contributed by atoms with Crippen molar-refractivity contribution in [1.82, 2.24) is 0 Å². The largest absolute Gasteiger partial charge is 0.530 e. The number of phosphoric acid groups is 1. The number of unbranched alkanes of at least 4 members (excludes halogenated alkanes) is 2. The lowest BCUT2D eigenvalue weighted by Gasteiger charge is -2.50. The number of carbonyl (C=O) groups is 3. The number of phosphoric ester groups is 1. The van der Waals surface area contributed by atoms with Crippen LogP contribution in [0.15, 0.2) is 30.3 Å². The first-order chi connectivity index (χ1) is 31.1. The molecule has 2 fully saturated rings. The van der Waals surface area contributed by atoms with E-state index in [-0.39, 0.29) is 66.0 Å². The highest BCUT2D eigenvalue weighted by Crippen LogP contribution is 2.62. The number of fused-ring (bicyclic) bond motifs is 5. The number of anilines is 1. The van der Waals surface area contributed by atoms with Crippen LogP contribution in [-0.4, -0.2) is 71.7 Å². The number of nitrogens with two attached hydrogens (primary N) is 1. The summed E-state index contributed by atoms with van der Waals surface area (Å²) >= 11 is 0. The summed E-state index contributed by atoms with van der Waals surface area (Å²) in [5.41, 5.74) is 7.36. The van der Waals surface area contributed by atoms with Gasteiger partial charge in [-0.15, -0.1) is 0 Å². The van der Waals surface area contributed by atoms with Crippen LogP contribution in [0.2, 0.25) is 0 Å². The van der Waals surface area contributed by atoms with E-state index in [2.05, 4.69) is 46.0 Å². The molecule has 0 saturated heterocycles. The lowest BCUT2D eigenvalue weighted by Crippen LogP contribution is -2.45. The normalized spacial score (nSPS) is 24.0. The fraction of sp³-hybridized carbons (Fsp3) is 0.700. The summed E-state index contributed by atoms with van der Waals surface area (Å²) < 4.78 is 44.0. The molecule has 0 aliphatic heterocycles. The van der Waals surface area contributed by atoms with Crippen LogP contribution in [0.3, 0.4) is 0 Å². The van der Waals surface area contributed by atoms with Gasteiger partial charge in [0.25, 0.3) is 5.91 Å². The molecule has 0 radical (unpaired) electrons. The average Bonchev–Trinajstić information content (AvgIpc) is 3.62. The summed E-state index contributed by atoms with van der Waals surface area (Å²) in [6, 6.07) is 8.85. The maximum atomic E-state index is 14.3. The Labute approximate surface area is 386 Å². The fourth-order valence-corrected chi connectivity index (χ4v) is 11.9. The van der Waals surface area contributed by atoms with Crippen molar-refractivity contribution in [1.29, 1.82) is 0 Å². The first-order valence-corrected chi connectivity index (χ1v) is 25.8. The van der Waals surface area contributed by atoms with Gasteiger partial charge in [-0.2, -0.15) is 0 Å². The highest BCUT2D eigenvalue weighted by molar-refractivity contribution is 7.48. The number of aryl methyl sites for hydroxylation is 1. The third-order valence-corrected chi connectivity index (χ3v) is 16.1. The van der Waals surface area contributed by atoms with E-state index < -0.39 is 43.6 Å². The van der Waals surface area contributed by atoms with Gasteiger partial charge >= 0.3 is 13.8 Å². The maximum Gasteiger partial charge on any atom is 0.530 e. The molecule has 364 valence electrons. The molecule has 3 aliphatic carbocycles. The number of hydrogen-bond donors (Lipinski definition) is 5. The van der Waals surface area contributed by atoms with Crippen molar-refractivity contribution in [2.24, 2.45) is 34.8 Å². The van der Waals surface area contributed by atoms with Gasteiger partial charge in [-0.25, -0.2) is 4.57 Å². The number of aromatic hydroxyl groups is 1. The van der Waals surface area contributed by atoms with Gasteiger partial charge in [-0.05, 0) is 129 Å². The molecule has 0 spiro atoms. The second-order valence-corrected chi connectivity index (χ2v) is 20.6. The molecule has 9 atom stereocenters. The van der Waals surface area contributed by atoms with Crippen LogP contribution in [0.5, 0.6) is 17.2 Å². The number of aliphatic hydroxyl groups excluding tert-OH is 2. The lowest BCUT2D eigenvalue weighted by atomic mass is 9.55. The number of phenols is 1.